The third kappa shape index (κ3) is 2.78. The van der Waals surface area contributed by atoms with E-state index in [1.54, 1.807) is 19.1 Å². The molecule has 90 valence electrons. The summed E-state index contributed by atoms with van der Waals surface area (Å²) in [5, 5.41) is 28.9. The number of rotatable bonds is 5. The molecular formula is C11H15ClO4. The number of benzene rings is 1. The maximum Gasteiger partial charge on any atom is 0.163 e. The number of halogens is 1. The zero-order valence-corrected chi connectivity index (χ0v) is 9.68. The Morgan fingerprint density at radius 2 is 2.06 bits per heavy atom. The molecule has 2 atom stereocenters. The lowest BCUT2D eigenvalue weighted by molar-refractivity contribution is 0.0310. The summed E-state index contributed by atoms with van der Waals surface area (Å²) in [7, 11) is 0. The highest BCUT2D eigenvalue weighted by Crippen LogP contribution is 2.34. The first-order valence-corrected chi connectivity index (χ1v) is 5.52. The third-order valence-corrected chi connectivity index (χ3v) is 2.49. The van der Waals surface area contributed by atoms with Crippen molar-refractivity contribution >= 4 is 11.6 Å². The summed E-state index contributed by atoms with van der Waals surface area (Å²) in [6.45, 7) is 2.20. The van der Waals surface area contributed by atoms with Crippen LogP contribution in [0.15, 0.2) is 18.2 Å². The second kappa shape index (κ2) is 5.94. The van der Waals surface area contributed by atoms with Gasteiger partial charge in [-0.1, -0.05) is 12.1 Å². The Morgan fingerprint density at radius 1 is 1.38 bits per heavy atom. The first-order valence-electron chi connectivity index (χ1n) is 4.98. The molecule has 0 saturated carbocycles. The Bertz CT molecular complexity index is 343. The van der Waals surface area contributed by atoms with E-state index in [4.69, 9.17) is 16.3 Å². The van der Waals surface area contributed by atoms with E-state index in [9.17, 15) is 15.3 Å². The highest BCUT2D eigenvalue weighted by Gasteiger charge is 2.22. The number of aliphatic hydroxyl groups is 2. The number of hydrogen-bond donors (Lipinski definition) is 3. The van der Waals surface area contributed by atoms with Crippen LogP contribution in [0.25, 0.3) is 0 Å². The summed E-state index contributed by atoms with van der Waals surface area (Å²) in [6.07, 6.45) is -2.35. The summed E-state index contributed by atoms with van der Waals surface area (Å²) in [6, 6.07) is 4.73. The van der Waals surface area contributed by atoms with E-state index in [2.05, 4.69) is 0 Å². The van der Waals surface area contributed by atoms with Gasteiger partial charge < -0.3 is 20.1 Å². The molecule has 2 unspecified atom stereocenters. The normalized spacial score (nSPS) is 14.5. The van der Waals surface area contributed by atoms with Crippen molar-refractivity contribution in [1.82, 2.24) is 0 Å². The summed E-state index contributed by atoms with van der Waals surface area (Å²) in [5.74, 6) is 0.00118. The smallest absolute Gasteiger partial charge is 0.163 e. The van der Waals surface area contributed by atoms with Crippen molar-refractivity contribution in [2.24, 2.45) is 0 Å². The van der Waals surface area contributed by atoms with E-state index in [-0.39, 0.29) is 22.9 Å². The van der Waals surface area contributed by atoms with Crippen molar-refractivity contribution in [1.29, 1.82) is 0 Å². The fraction of sp³-hybridized carbons (Fsp3) is 0.455. The van der Waals surface area contributed by atoms with Gasteiger partial charge in [-0.05, 0) is 13.0 Å². The van der Waals surface area contributed by atoms with E-state index in [0.717, 1.165) is 0 Å². The molecule has 4 nitrogen and oxygen atoms in total. The van der Waals surface area contributed by atoms with Crippen LogP contribution in [0.1, 0.15) is 18.6 Å². The lowest BCUT2D eigenvalue weighted by Crippen LogP contribution is -2.19. The standard InChI is InChI=1S/C11H15ClO4/c1-2-16-9-5-3-4-7(11(9)15)10(14)8(13)6-12/h3-5,8,10,13-15H,2,6H2,1H3. The fourth-order valence-electron chi connectivity index (χ4n) is 1.34. The fourth-order valence-corrected chi connectivity index (χ4v) is 1.51. The van der Waals surface area contributed by atoms with Crippen molar-refractivity contribution in [2.45, 2.75) is 19.1 Å². The van der Waals surface area contributed by atoms with Crippen molar-refractivity contribution < 1.29 is 20.1 Å². The van der Waals surface area contributed by atoms with Crippen LogP contribution in [0.2, 0.25) is 0 Å². The van der Waals surface area contributed by atoms with Crippen LogP contribution in [0, 0.1) is 0 Å². The highest BCUT2D eigenvalue weighted by atomic mass is 35.5. The molecule has 0 spiro atoms. The molecule has 0 radical (unpaired) electrons. The quantitative estimate of drug-likeness (QED) is 0.688. The lowest BCUT2D eigenvalue weighted by Gasteiger charge is -2.18. The van der Waals surface area contributed by atoms with Crippen molar-refractivity contribution in [3.63, 3.8) is 0 Å². The van der Waals surface area contributed by atoms with Crippen LogP contribution in [-0.4, -0.2) is 33.9 Å². The number of phenolic OH excluding ortho intramolecular Hbond substituents is 1. The molecule has 1 aromatic rings. The van der Waals surface area contributed by atoms with Gasteiger partial charge in [0.15, 0.2) is 11.5 Å². The van der Waals surface area contributed by atoms with Gasteiger partial charge in [0, 0.05) is 5.56 Å². The second-order valence-corrected chi connectivity index (χ2v) is 3.60. The minimum atomic E-state index is -1.22. The van der Waals surface area contributed by atoms with Crippen molar-refractivity contribution in [3.8, 4) is 11.5 Å². The van der Waals surface area contributed by atoms with Crippen LogP contribution in [0.4, 0.5) is 0 Å². The molecule has 1 aromatic carbocycles. The Kier molecular flexibility index (Phi) is 4.86. The summed E-state index contributed by atoms with van der Waals surface area (Å²) in [4.78, 5) is 0. The average Bonchev–Trinajstić information content (AvgIpc) is 2.30. The van der Waals surface area contributed by atoms with E-state index >= 15 is 0 Å². The predicted octanol–water partition coefficient (Wildman–Crippen LogP) is 1.42. The van der Waals surface area contributed by atoms with Gasteiger partial charge in [0.25, 0.3) is 0 Å². The van der Waals surface area contributed by atoms with Crippen LogP contribution >= 0.6 is 11.6 Å². The Balaban J connectivity index is 3.00. The van der Waals surface area contributed by atoms with Crippen LogP contribution < -0.4 is 4.74 Å². The van der Waals surface area contributed by atoms with Gasteiger partial charge in [-0.3, -0.25) is 0 Å². The molecule has 0 aliphatic rings. The summed E-state index contributed by atoms with van der Waals surface area (Å²) >= 11 is 5.43. The number of hydrogen-bond acceptors (Lipinski definition) is 4. The molecular weight excluding hydrogens is 232 g/mol. The number of aliphatic hydroxyl groups excluding tert-OH is 2. The maximum absolute atomic E-state index is 9.80. The SMILES string of the molecule is CCOc1cccc(C(O)C(O)CCl)c1O. The Hall–Kier alpha value is -0.970. The minimum Gasteiger partial charge on any atom is -0.504 e. The average molecular weight is 247 g/mol. The molecule has 0 aromatic heterocycles. The molecule has 0 aliphatic carbocycles. The number of para-hydroxylation sites is 1. The molecule has 3 N–H and O–H groups in total. The van der Waals surface area contributed by atoms with E-state index in [1.807, 2.05) is 0 Å². The number of phenols is 1. The van der Waals surface area contributed by atoms with Crippen LogP contribution in [0.3, 0.4) is 0 Å². The molecule has 1 rings (SSSR count). The molecule has 16 heavy (non-hydrogen) atoms. The van der Waals surface area contributed by atoms with Crippen molar-refractivity contribution in [2.75, 3.05) is 12.5 Å². The van der Waals surface area contributed by atoms with E-state index < -0.39 is 12.2 Å². The first kappa shape index (κ1) is 13.1. The number of ether oxygens (including phenoxy) is 1. The summed E-state index contributed by atoms with van der Waals surface area (Å²) in [5.41, 5.74) is 0.208. The minimum absolute atomic E-state index is 0.112. The number of alkyl halides is 1. The van der Waals surface area contributed by atoms with Crippen LogP contribution in [0.5, 0.6) is 11.5 Å². The van der Waals surface area contributed by atoms with Gasteiger partial charge in [-0.15, -0.1) is 11.6 Å². The zero-order valence-electron chi connectivity index (χ0n) is 8.93. The maximum atomic E-state index is 9.80. The van der Waals surface area contributed by atoms with Gasteiger partial charge in [-0.2, -0.15) is 0 Å². The molecule has 0 amide bonds. The summed E-state index contributed by atoms with van der Waals surface area (Å²) < 4.78 is 5.17. The molecule has 0 heterocycles. The zero-order chi connectivity index (χ0) is 12.1. The third-order valence-electron chi connectivity index (χ3n) is 2.17. The van der Waals surface area contributed by atoms with Crippen molar-refractivity contribution in [3.05, 3.63) is 23.8 Å². The van der Waals surface area contributed by atoms with E-state index in [0.29, 0.717) is 6.61 Å². The highest BCUT2D eigenvalue weighted by molar-refractivity contribution is 6.18. The molecule has 0 bridgehead atoms. The molecule has 0 fully saturated rings. The molecule has 0 saturated heterocycles. The van der Waals surface area contributed by atoms with Gasteiger partial charge in [0.05, 0.1) is 18.6 Å². The predicted molar refractivity (Wildman–Crippen MR) is 61.0 cm³/mol. The van der Waals surface area contributed by atoms with Gasteiger partial charge in [-0.25, -0.2) is 0 Å². The van der Waals surface area contributed by atoms with Gasteiger partial charge >= 0.3 is 0 Å². The number of aromatic hydroxyl groups is 1. The van der Waals surface area contributed by atoms with Crippen LogP contribution in [-0.2, 0) is 0 Å². The first-order chi connectivity index (χ1) is 7.61. The molecule has 5 heteroatoms. The lowest BCUT2D eigenvalue weighted by atomic mass is 10.0. The topological polar surface area (TPSA) is 69.9 Å². The van der Waals surface area contributed by atoms with Gasteiger partial charge in [0.1, 0.15) is 6.10 Å². The monoisotopic (exact) mass is 246 g/mol. The largest absolute Gasteiger partial charge is 0.504 e. The Labute approximate surface area is 99.1 Å². The van der Waals surface area contributed by atoms with Gasteiger partial charge in [0.2, 0.25) is 0 Å². The second-order valence-electron chi connectivity index (χ2n) is 3.29. The Morgan fingerprint density at radius 3 is 2.62 bits per heavy atom. The van der Waals surface area contributed by atoms with E-state index in [1.165, 1.54) is 6.07 Å². The molecule has 0 aliphatic heterocycles.